The third-order valence-electron chi connectivity index (χ3n) is 3.31. The summed E-state index contributed by atoms with van der Waals surface area (Å²) in [5, 5.41) is 6.74. The number of aromatic nitrogens is 2. The van der Waals surface area contributed by atoms with Gasteiger partial charge in [-0.3, -0.25) is 0 Å². The smallest absolute Gasteiger partial charge is 0.0937 e. The molecule has 0 aliphatic heterocycles. The van der Waals surface area contributed by atoms with Gasteiger partial charge in [0.15, 0.2) is 0 Å². The lowest BCUT2D eigenvalue weighted by Gasteiger charge is -2.06. The number of thiazole rings is 1. The molecule has 0 radical (unpaired) electrons. The van der Waals surface area contributed by atoms with Gasteiger partial charge in [-0.15, -0.1) is 11.3 Å². The average Bonchev–Trinajstić information content (AvgIpc) is 2.94. The predicted octanol–water partition coefficient (Wildman–Crippen LogP) is 2.91. The van der Waals surface area contributed by atoms with Crippen molar-refractivity contribution in [1.29, 1.82) is 0 Å². The van der Waals surface area contributed by atoms with Gasteiger partial charge in [-0.2, -0.15) is 0 Å². The van der Waals surface area contributed by atoms with E-state index >= 15 is 0 Å². The molecule has 0 aromatic carbocycles. The SMILES string of the molecule is CCn1c(C)cc(CNCCc2nccs2)c1C. The van der Waals surface area contributed by atoms with Gasteiger partial charge in [-0.1, -0.05) is 0 Å². The van der Waals surface area contributed by atoms with Crippen LogP contribution >= 0.6 is 11.3 Å². The number of rotatable bonds is 6. The first-order chi connectivity index (χ1) is 8.72. The number of hydrogen-bond donors (Lipinski definition) is 1. The Morgan fingerprint density at radius 3 is 2.83 bits per heavy atom. The monoisotopic (exact) mass is 263 g/mol. The van der Waals surface area contributed by atoms with Gasteiger partial charge in [0.2, 0.25) is 0 Å². The highest BCUT2D eigenvalue weighted by Gasteiger charge is 2.06. The molecule has 0 saturated heterocycles. The third kappa shape index (κ3) is 3.00. The normalized spacial score (nSPS) is 11.1. The minimum atomic E-state index is 0.949. The van der Waals surface area contributed by atoms with Crippen LogP contribution in [-0.4, -0.2) is 16.1 Å². The summed E-state index contributed by atoms with van der Waals surface area (Å²) in [4.78, 5) is 4.28. The van der Waals surface area contributed by atoms with E-state index in [1.54, 1.807) is 11.3 Å². The lowest BCUT2D eigenvalue weighted by Crippen LogP contribution is -2.17. The summed E-state index contributed by atoms with van der Waals surface area (Å²) >= 11 is 1.73. The van der Waals surface area contributed by atoms with Crippen molar-refractivity contribution < 1.29 is 0 Å². The Hall–Kier alpha value is -1.13. The van der Waals surface area contributed by atoms with Crippen LogP contribution in [0, 0.1) is 13.8 Å². The molecule has 3 nitrogen and oxygen atoms in total. The fourth-order valence-electron chi connectivity index (χ4n) is 2.33. The Morgan fingerprint density at radius 1 is 1.39 bits per heavy atom. The zero-order chi connectivity index (χ0) is 13.0. The molecule has 98 valence electrons. The van der Waals surface area contributed by atoms with E-state index in [0.717, 1.165) is 26.1 Å². The lowest BCUT2D eigenvalue weighted by molar-refractivity contribution is 0.671. The molecule has 18 heavy (non-hydrogen) atoms. The standard InChI is InChI=1S/C14H21N3S/c1-4-17-11(2)9-13(12(17)3)10-15-6-5-14-16-7-8-18-14/h7-9,15H,4-6,10H2,1-3H3. The van der Waals surface area contributed by atoms with E-state index in [9.17, 15) is 0 Å². The van der Waals surface area contributed by atoms with Gasteiger partial charge in [0.05, 0.1) is 5.01 Å². The van der Waals surface area contributed by atoms with Crippen LogP contribution < -0.4 is 5.32 Å². The fourth-order valence-corrected chi connectivity index (χ4v) is 2.95. The van der Waals surface area contributed by atoms with Gasteiger partial charge in [-0.25, -0.2) is 4.98 Å². The fraction of sp³-hybridized carbons (Fsp3) is 0.500. The maximum absolute atomic E-state index is 4.28. The molecule has 2 aromatic heterocycles. The number of hydrogen-bond acceptors (Lipinski definition) is 3. The Bertz CT molecular complexity index is 485. The van der Waals surface area contributed by atoms with Crippen molar-refractivity contribution in [3.8, 4) is 0 Å². The maximum Gasteiger partial charge on any atom is 0.0937 e. The van der Waals surface area contributed by atoms with Crippen molar-refractivity contribution in [2.75, 3.05) is 6.54 Å². The van der Waals surface area contributed by atoms with E-state index in [2.05, 4.69) is 41.7 Å². The van der Waals surface area contributed by atoms with Gasteiger partial charge >= 0.3 is 0 Å². The number of nitrogens with one attached hydrogen (secondary N) is 1. The van der Waals surface area contributed by atoms with Crippen LogP contribution in [-0.2, 0) is 19.5 Å². The van der Waals surface area contributed by atoms with E-state index in [1.165, 1.54) is 22.0 Å². The molecule has 0 spiro atoms. The highest BCUT2D eigenvalue weighted by molar-refractivity contribution is 7.09. The molecule has 0 saturated carbocycles. The highest BCUT2D eigenvalue weighted by atomic mass is 32.1. The summed E-state index contributed by atoms with van der Waals surface area (Å²) in [6.45, 7) is 9.56. The Morgan fingerprint density at radius 2 is 2.22 bits per heavy atom. The second-order valence-corrected chi connectivity index (χ2v) is 5.47. The first-order valence-corrected chi connectivity index (χ1v) is 7.35. The topological polar surface area (TPSA) is 29.9 Å². The van der Waals surface area contributed by atoms with Crippen LogP contribution in [0.4, 0.5) is 0 Å². The van der Waals surface area contributed by atoms with Crippen LogP contribution in [0.15, 0.2) is 17.6 Å². The van der Waals surface area contributed by atoms with Crippen molar-refractivity contribution >= 4 is 11.3 Å². The molecule has 1 N–H and O–H groups in total. The quantitative estimate of drug-likeness (QED) is 0.812. The summed E-state index contributed by atoms with van der Waals surface area (Å²) in [5.41, 5.74) is 4.15. The summed E-state index contributed by atoms with van der Waals surface area (Å²) in [6, 6.07) is 2.29. The molecule has 0 unspecified atom stereocenters. The minimum Gasteiger partial charge on any atom is -0.349 e. The number of nitrogens with zero attached hydrogens (tertiary/aromatic N) is 2. The van der Waals surface area contributed by atoms with Crippen LogP contribution in [0.2, 0.25) is 0 Å². The van der Waals surface area contributed by atoms with Crippen molar-refractivity contribution in [2.45, 2.75) is 40.3 Å². The van der Waals surface area contributed by atoms with Gasteiger partial charge in [0, 0.05) is 49.0 Å². The van der Waals surface area contributed by atoms with Crippen molar-refractivity contribution in [2.24, 2.45) is 0 Å². The molecule has 0 fully saturated rings. The van der Waals surface area contributed by atoms with E-state index < -0.39 is 0 Å². The predicted molar refractivity (Wildman–Crippen MR) is 77.1 cm³/mol. The number of aryl methyl sites for hydroxylation is 1. The van der Waals surface area contributed by atoms with Crippen LogP contribution in [0.3, 0.4) is 0 Å². The summed E-state index contributed by atoms with van der Waals surface area (Å²) in [5.74, 6) is 0. The lowest BCUT2D eigenvalue weighted by atomic mass is 10.2. The van der Waals surface area contributed by atoms with Crippen molar-refractivity contribution in [3.63, 3.8) is 0 Å². The Kier molecular flexibility index (Phi) is 4.55. The van der Waals surface area contributed by atoms with Gasteiger partial charge in [-0.05, 0) is 32.4 Å². The van der Waals surface area contributed by atoms with E-state index in [4.69, 9.17) is 0 Å². The summed E-state index contributed by atoms with van der Waals surface area (Å²) in [7, 11) is 0. The largest absolute Gasteiger partial charge is 0.349 e. The molecule has 0 aliphatic rings. The highest BCUT2D eigenvalue weighted by Crippen LogP contribution is 2.14. The van der Waals surface area contributed by atoms with E-state index in [1.807, 2.05) is 11.6 Å². The molecule has 2 rings (SSSR count). The average molecular weight is 263 g/mol. The molecule has 2 aromatic rings. The molecule has 0 aliphatic carbocycles. The molecular formula is C14H21N3S. The Balaban J connectivity index is 1.83. The Labute approximate surface area is 113 Å². The molecule has 0 atom stereocenters. The van der Waals surface area contributed by atoms with Crippen LogP contribution in [0.25, 0.3) is 0 Å². The van der Waals surface area contributed by atoms with Crippen LogP contribution in [0.5, 0.6) is 0 Å². The third-order valence-corrected chi connectivity index (χ3v) is 4.15. The van der Waals surface area contributed by atoms with Crippen LogP contribution in [0.1, 0.15) is 28.9 Å². The molecule has 4 heteroatoms. The van der Waals surface area contributed by atoms with Gasteiger partial charge in [0.25, 0.3) is 0 Å². The summed E-state index contributed by atoms with van der Waals surface area (Å²) < 4.78 is 2.36. The van der Waals surface area contributed by atoms with Gasteiger partial charge in [0.1, 0.15) is 0 Å². The summed E-state index contributed by atoms with van der Waals surface area (Å²) in [6.07, 6.45) is 2.89. The van der Waals surface area contributed by atoms with E-state index in [0.29, 0.717) is 0 Å². The first kappa shape index (κ1) is 13.3. The maximum atomic E-state index is 4.28. The molecular weight excluding hydrogens is 242 g/mol. The van der Waals surface area contributed by atoms with Crippen molar-refractivity contribution in [1.82, 2.24) is 14.9 Å². The second kappa shape index (κ2) is 6.16. The van der Waals surface area contributed by atoms with Crippen molar-refractivity contribution in [3.05, 3.63) is 39.6 Å². The minimum absolute atomic E-state index is 0.949. The molecule has 2 heterocycles. The molecule has 0 bridgehead atoms. The zero-order valence-corrected chi connectivity index (χ0v) is 12.2. The van der Waals surface area contributed by atoms with Gasteiger partial charge < -0.3 is 9.88 Å². The molecule has 0 amide bonds. The second-order valence-electron chi connectivity index (χ2n) is 4.49. The zero-order valence-electron chi connectivity index (χ0n) is 11.4. The first-order valence-electron chi connectivity index (χ1n) is 6.47. The van der Waals surface area contributed by atoms with E-state index in [-0.39, 0.29) is 0 Å².